The first-order valence-electron chi connectivity index (χ1n) is 9.34. The molecule has 2 heterocycles. The molecule has 0 spiro atoms. The molecule has 2 atom stereocenters. The zero-order valence-corrected chi connectivity index (χ0v) is 17.9. The van der Waals surface area contributed by atoms with Crippen molar-refractivity contribution in [3.8, 4) is 0 Å². The van der Waals surface area contributed by atoms with Crippen LogP contribution in [0.3, 0.4) is 0 Å². The van der Waals surface area contributed by atoms with E-state index in [4.69, 9.17) is 9.47 Å². The van der Waals surface area contributed by atoms with E-state index in [1.54, 1.807) is 0 Å². The van der Waals surface area contributed by atoms with E-state index in [-0.39, 0.29) is 36.2 Å². The van der Waals surface area contributed by atoms with Crippen molar-refractivity contribution in [2.24, 2.45) is 4.99 Å². The maximum absolute atomic E-state index is 5.92. The summed E-state index contributed by atoms with van der Waals surface area (Å²) in [7, 11) is 1.85. The molecule has 26 heavy (non-hydrogen) atoms. The molecule has 1 aromatic carbocycles. The van der Waals surface area contributed by atoms with Gasteiger partial charge in [0.05, 0.1) is 12.7 Å². The van der Waals surface area contributed by atoms with Crippen LogP contribution in [-0.4, -0.2) is 69.5 Å². The Morgan fingerprint density at radius 1 is 1.15 bits per heavy atom. The van der Waals surface area contributed by atoms with Gasteiger partial charge in [-0.05, 0) is 31.4 Å². The lowest BCUT2D eigenvalue weighted by atomic mass is 10.1. The van der Waals surface area contributed by atoms with E-state index >= 15 is 0 Å². The molecule has 2 fully saturated rings. The van der Waals surface area contributed by atoms with Crippen molar-refractivity contribution in [2.45, 2.75) is 31.5 Å². The second-order valence-corrected chi connectivity index (χ2v) is 6.53. The third-order valence-electron chi connectivity index (χ3n) is 4.72. The summed E-state index contributed by atoms with van der Waals surface area (Å²) < 4.78 is 11.7. The number of benzene rings is 1. The fourth-order valence-corrected chi connectivity index (χ4v) is 3.40. The van der Waals surface area contributed by atoms with Crippen LogP contribution in [0.1, 0.15) is 19.3 Å². The van der Waals surface area contributed by atoms with Crippen LogP contribution >= 0.6 is 24.0 Å². The van der Waals surface area contributed by atoms with Gasteiger partial charge in [0.25, 0.3) is 0 Å². The standard InChI is InChI=1S/C19H30N4O2.HI/c1-20-19(22-11-6-10-21-16-7-3-2-4-8-16)23-12-14-25-18(15-23)17-9-5-13-24-17;/h2-4,7-8,17-18,21H,5-6,9-15H2,1H3,(H,20,22);1H. The quantitative estimate of drug-likeness (QED) is 0.287. The lowest BCUT2D eigenvalue weighted by Gasteiger charge is -2.37. The summed E-state index contributed by atoms with van der Waals surface area (Å²) in [6.45, 7) is 5.18. The molecule has 1 aromatic rings. The fraction of sp³-hybridized carbons (Fsp3) is 0.632. The summed E-state index contributed by atoms with van der Waals surface area (Å²) in [4.78, 5) is 6.74. The summed E-state index contributed by atoms with van der Waals surface area (Å²) in [6.07, 6.45) is 3.69. The molecule has 2 aliphatic heterocycles. The molecule has 2 unspecified atom stereocenters. The number of nitrogens with one attached hydrogen (secondary N) is 2. The predicted octanol–water partition coefficient (Wildman–Crippen LogP) is 2.56. The van der Waals surface area contributed by atoms with E-state index < -0.39 is 0 Å². The average molecular weight is 474 g/mol. The van der Waals surface area contributed by atoms with E-state index in [1.807, 2.05) is 25.2 Å². The van der Waals surface area contributed by atoms with Gasteiger partial charge in [0, 0.05) is 45.5 Å². The molecule has 0 aliphatic carbocycles. The van der Waals surface area contributed by atoms with Gasteiger partial charge in [-0.1, -0.05) is 18.2 Å². The Hall–Kier alpha value is -1.06. The van der Waals surface area contributed by atoms with Crippen molar-refractivity contribution < 1.29 is 9.47 Å². The minimum Gasteiger partial charge on any atom is -0.385 e. The number of halogens is 1. The second kappa shape index (κ2) is 11.6. The smallest absolute Gasteiger partial charge is 0.193 e. The van der Waals surface area contributed by atoms with Crippen LogP contribution in [0.2, 0.25) is 0 Å². The highest BCUT2D eigenvalue weighted by Gasteiger charge is 2.32. The molecular formula is C19H31IN4O2. The highest BCUT2D eigenvalue weighted by Crippen LogP contribution is 2.21. The molecule has 0 saturated carbocycles. The van der Waals surface area contributed by atoms with Gasteiger partial charge < -0.3 is 25.0 Å². The minimum absolute atomic E-state index is 0. The van der Waals surface area contributed by atoms with Crippen LogP contribution in [0.5, 0.6) is 0 Å². The van der Waals surface area contributed by atoms with Gasteiger partial charge in [-0.25, -0.2) is 0 Å². The SMILES string of the molecule is CN=C(NCCCNc1ccccc1)N1CCOC(C2CCCO2)C1.I. The summed E-state index contributed by atoms with van der Waals surface area (Å²) in [5.74, 6) is 0.964. The second-order valence-electron chi connectivity index (χ2n) is 6.53. The normalized spacial score (nSPS) is 23.4. The Kier molecular flexibility index (Phi) is 9.49. The number of morpholine rings is 1. The first kappa shape index (κ1) is 21.2. The summed E-state index contributed by atoms with van der Waals surface area (Å²) in [6, 6.07) is 10.3. The first-order valence-corrected chi connectivity index (χ1v) is 9.34. The van der Waals surface area contributed by atoms with E-state index in [0.29, 0.717) is 0 Å². The van der Waals surface area contributed by atoms with Crippen molar-refractivity contribution in [1.29, 1.82) is 0 Å². The number of para-hydroxylation sites is 1. The van der Waals surface area contributed by atoms with Crippen molar-refractivity contribution in [3.05, 3.63) is 30.3 Å². The van der Waals surface area contributed by atoms with Crippen LogP contribution in [-0.2, 0) is 9.47 Å². The van der Waals surface area contributed by atoms with E-state index in [1.165, 1.54) is 5.69 Å². The molecule has 3 rings (SSSR count). The van der Waals surface area contributed by atoms with Gasteiger partial charge in [0.1, 0.15) is 6.10 Å². The Morgan fingerprint density at radius 3 is 2.69 bits per heavy atom. The number of anilines is 1. The Morgan fingerprint density at radius 2 is 1.96 bits per heavy atom. The molecular weight excluding hydrogens is 443 g/mol. The van der Waals surface area contributed by atoms with Gasteiger partial charge in [0.15, 0.2) is 5.96 Å². The number of nitrogens with zero attached hydrogens (tertiary/aromatic N) is 2. The van der Waals surface area contributed by atoms with Crippen LogP contribution in [0.25, 0.3) is 0 Å². The Balaban J connectivity index is 0.00000243. The molecule has 6 nitrogen and oxygen atoms in total. The topological polar surface area (TPSA) is 58.1 Å². The average Bonchev–Trinajstić information content (AvgIpc) is 3.20. The van der Waals surface area contributed by atoms with Crippen LogP contribution in [0.15, 0.2) is 35.3 Å². The van der Waals surface area contributed by atoms with Gasteiger partial charge in [-0.2, -0.15) is 0 Å². The van der Waals surface area contributed by atoms with Crippen LogP contribution in [0.4, 0.5) is 5.69 Å². The van der Waals surface area contributed by atoms with Gasteiger partial charge in [-0.15, -0.1) is 24.0 Å². The number of hydrogen-bond acceptors (Lipinski definition) is 4. The molecule has 0 amide bonds. The molecule has 146 valence electrons. The number of rotatable bonds is 6. The zero-order chi connectivity index (χ0) is 17.3. The van der Waals surface area contributed by atoms with Gasteiger partial charge in [0.2, 0.25) is 0 Å². The summed E-state index contributed by atoms with van der Waals surface area (Å²) in [5, 5.41) is 6.91. The fourth-order valence-electron chi connectivity index (χ4n) is 3.40. The lowest BCUT2D eigenvalue weighted by molar-refractivity contribution is -0.0816. The number of ether oxygens (including phenoxy) is 2. The zero-order valence-electron chi connectivity index (χ0n) is 15.5. The van der Waals surface area contributed by atoms with Crippen LogP contribution in [0, 0.1) is 0 Å². The molecule has 2 saturated heterocycles. The van der Waals surface area contributed by atoms with E-state index in [9.17, 15) is 0 Å². The van der Waals surface area contributed by atoms with Crippen molar-refractivity contribution in [1.82, 2.24) is 10.2 Å². The molecule has 7 heteroatoms. The summed E-state index contributed by atoms with van der Waals surface area (Å²) in [5.41, 5.74) is 1.17. The van der Waals surface area contributed by atoms with Crippen LogP contribution < -0.4 is 10.6 Å². The lowest BCUT2D eigenvalue weighted by Crippen LogP contribution is -2.53. The van der Waals surface area contributed by atoms with E-state index in [2.05, 4.69) is 32.7 Å². The third-order valence-corrected chi connectivity index (χ3v) is 4.72. The van der Waals surface area contributed by atoms with E-state index in [0.717, 1.165) is 64.6 Å². The maximum Gasteiger partial charge on any atom is 0.193 e. The van der Waals surface area contributed by atoms with Gasteiger partial charge in [-0.3, -0.25) is 4.99 Å². The molecule has 0 bridgehead atoms. The highest BCUT2D eigenvalue weighted by atomic mass is 127. The molecule has 2 aliphatic rings. The van der Waals surface area contributed by atoms with Crippen molar-refractivity contribution in [2.75, 3.05) is 51.8 Å². The Bertz CT molecular complexity index is 538. The number of aliphatic imine (C=N–C) groups is 1. The third kappa shape index (κ3) is 6.28. The monoisotopic (exact) mass is 474 g/mol. The summed E-state index contributed by atoms with van der Waals surface area (Å²) >= 11 is 0. The highest BCUT2D eigenvalue weighted by molar-refractivity contribution is 14.0. The largest absolute Gasteiger partial charge is 0.385 e. The van der Waals surface area contributed by atoms with Crippen molar-refractivity contribution in [3.63, 3.8) is 0 Å². The minimum atomic E-state index is 0. The van der Waals surface area contributed by atoms with Gasteiger partial charge >= 0.3 is 0 Å². The molecule has 0 radical (unpaired) electrons. The number of hydrogen-bond donors (Lipinski definition) is 2. The molecule has 0 aromatic heterocycles. The number of guanidine groups is 1. The van der Waals surface area contributed by atoms with Crippen molar-refractivity contribution >= 4 is 35.6 Å². The first-order chi connectivity index (χ1) is 12.4. The Labute approximate surface area is 173 Å². The molecule has 2 N–H and O–H groups in total. The predicted molar refractivity (Wildman–Crippen MR) is 117 cm³/mol. The maximum atomic E-state index is 5.92.